The number of fused-ring (bicyclic) bond motifs is 1. The lowest BCUT2D eigenvalue weighted by Crippen LogP contribution is -2.15. The molecular formula is C15H17N7. The van der Waals surface area contributed by atoms with Gasteiger partial charge in [-0.2, -0.15) is 0 Å². The maximum absolute atomic E-state index is 4.53. The van der Waals surface area contributed by atoms with Crippen LogP contribution in [0, 0.1) is 6.92 Å². The Morgan fingerprint density at radius 2 is 2.14 bits per heavy atom. The number of rotatable bonds is 4. The molecule has 0 amide bonds. The zero-order valence-electron chi connectivity index (χ0n) is 12.7. The number of hydrogen-bond donors (Lipinski definition) is 2. The third-order valence-corrected chi connectivity index (χ3v) is 3.34. The van der Waals surface area contributed by atoms with Crippen LogP contribution in [0.15, 0.2) is 42.5 Å². The van der Waals surface area contributed by atoms with Crippen molar-refractivity contribution in [3.63, 3.8) is 0 Å². The Morgan fingerprint density at radius 1 is 1.27 bits per heavy atom. The largest absolute Gasteiger partial charge is 0.375 e. The molecule has 7 nitrogen and oxygen atoms in total. The molecule has 3 aromatic rings. The molecule has 0 aromatic carbocycles. The first-order valence-corrected chi connectivity index (χ1v) is 6.97. The summed E-state index contributed by atoms with van der Waals surface area (Å²) in [5.41, 5.74) is 2.59. The summed E-state index contributed by atoms with van der Waals surface area (Å²) in [6, 6.07) is 5.82. The molecule has 2 N–H and O–H groups in total. The molecule has 0 saturated heterocycles. The van der Waals surface area contributed by atoms with Gasteiger partial charge < -0.3 is 10.6 Å². The first-order chi connectivity index (χ1) is 10.7. The van der Waals surface area contributed by atoms with Crippen LogP contribution >= 0.6 is 0 Å². The minimum absolute atomic E-state index is 0.539. The van der Waals surface area contributed by atoms with E-state index in [1.54, 1.807) is 6.20 Å². The first kappa shape index (κ1) is 14.0. The van der Waals surface area contributed by atoms with Crippen molar-refractivity contribution in [3.05, 3.63) is 48.3 Å². The van der Waals surface area contributed by atoms with Gasteiger partial charge in [-0.05, 0) is 38.1 Å². The molecular weight excluding hydrogens is 278 g/mol. The van der Waals surface area contributed by atoms with Gasteiger partial charge in [0.05, 0.1) is 5.69 Å². The Balaban J connectivity index is 1.96. The SMILES string of the molecule is C/C=C(\NC)Nc1nccc(-c2ccn3c(C)nnc3c2)n1. The van der Waals surface area contributed by atoms with E-state index in [1.807, 2.05) is 55.8 Å². The van der Waals surface area contributed by atoms with E-state index in [0.29, 0.717) is 5.95 Å². The summed E-state index contributed by atoms with van der Waals surface area (Å²) in [7, 11) is 1.84. The third kappa shape index (κ3) is 2.60. The van der Waals surface area contributed by atoms with Crippen molar-refractivity contribution in [2.24, 2.45) is 0 Å². The molecule has 0 aliphatic heterocycles. The standard InChI is InChI=1S/C15H17N7/c1-4-13(16-3)19-15-17-7-5-12(18-15)11-6-8-22-10(2)20-21-14(22)9-11/h4-9,16H,1-3H3,(H,17,18,19)/b13-4+. The fourth-order valence-electron chi connectivity index (χ4n) is 2.15. The molecule has 0 aliphatic rings. The highest BCUT2D eigenvalue weighted by Gasteiger charge is 2.06. The predicted molar refractivity (Wildman–Crippen MR) is 85.2 cm³/mol. The van der Waals surface area contributed by atoms with Gasteiger partial charge in [0.15, 0.2) is 5.65 Å². The molecule has 0 spiro atoms. The summed E-state index contributed by atoms with van der Waals surface area (Å²) in [6.45, 7) is 3.85. The Morgan fingerprint density at radius 3 is 2.91 bits per heavy atom. The first-order valence-electron chi connectivity index (χ1n) is 6.97. The quantitative estimate of drug-likeness (QED) is 0.766. The highest BCUT2D eigenvalue weighted by molar-refractivity contribution is 5.64. The number of pyridine rings is 1. The minimum Gasteiger partial charge on any atom is -0.375 e. The van der Waals surface area contributed by atoms with Crippen molar-refractivity contribution in [2.75, 3.05) is 12.4 Å². The molecule has 0 unspecified atom stereocenters. The van der Waals surface area contributed by atoms with Crippen LogP contribution in [0.3, 0.4) is 0 Å². The lowest BCUT2D eigenvalue weighted by Gasteiger charge is -2.09. The molecule has 0 aliphatic carbocycles. The highest BCUT2D eigenvalue weighted by atomic mass is 15.2. The van der Waals surface area contributed by atoms with Gasteiger partial charge >= 0.3 is 0 Å². The van der Waals surface area contributed by atoms with Crippen LogP contribution in [-0.2, 0) is 0 Å². The van der Waals surface area contributed by atoms with E-state index < -0.39 is 0 Å². The van der Waals surface area contributed by atoms with Gasteiger partial charge in [-0.1, -0.05) is 0 Å². The summed E-state index contributed by atoms with van der Waals surface area (Å²) in [6.07, 6.45) is 5.59. The zero-order valence-corrected chi connectivity index (χ0v) is 12.7. The van der Waals surface area contributed by atoms with Crippen molar-refractivity contribution in [1.29, 1.82) is 0 Å². The molecule has 3 heterocycles. The normalized spacial score (nSPS) is 11.7. The average Bonchev–Trinajstić information content (AvgIpc) is 2.93. The van der Waals surface area contributed by atoms with Gasteiger partial charge in [-0.25, -0.2) is 9.97 Å². The molecule has 22 heavy (non-hydrogen) atoms. The van der Waals surface area contributed by atoms with Gasteiger partial charge in [0, 0.05) is 25.0 Å². The third-order valence-electron chi connectivity index (χ3n) is 3.34. The smallest absolute Gasteiger partial charge is 0.228 e. The van der Waals surface area contributed by atoms with Gasteiger partial charge in [0.1, 0.15) is 11.6 Å². The summed E-state index contributed by atoms with van der Waals surface area (Å²) in [5.74, 6) is 2.25. The van der Waals surface area contributed by atoms with Gasteiger partial charge in [0.2, 0.25) is 5.95 Å². The lowest BCUT2D eigenvalue weighted by molar-refractivity contribution is 0.972. The second kappa shape index (κ2) is 5.80. The van der Waals surface area contributed by atoms with Gasteiger partial charge in [-0.3, -0.25) is 4.40 Å². The maximum Gasteiger partial charge on any atom is 0.228 e. The van der Waals surface area contributed by atoms with E-state index in [0.717, 1.165) is 28.5 Å². The van der Waals surface area contributed by atoms with Crippen molar-refractivity contribution in [3.8, 4) is 11.3 Å². The minimum atomic E-state index is 0.539. The molecule has 112 valence electrons. The second-order valence-corrected chi connectivity index (χ2v) is 4.73. The molecule has 0 bridgehead atoms. The Hall–Kier alpha value is -2.96. The van der Waals surface area contributed by atoms with E-state index >= 15 is 0 Å². The summed E-state index contributed by atoms with van der Waals surface area (Å²) >= 11 is 0. The molecule has 0 atom stereocenters. The Labute approximate surface area is 128 Å². The average molecular weight is 295 g/mol. The Bertz CT molecular complexity index is 835. The molecule has 0 saturated carbocycles. The van der Waals surface area contributed by atoms with E-state index in [2.05, 4.69) is 30.8 Å². The van der Waals surface area contributed by atoms with Crippen LogP contribution in [0.5, 0.6) is 0 Å². The molecule has 3 aromatic heterocycles. The van der Waals surface area contributed by atoms with Crippen LogP contribution in [0.4, 0.5) is 5.95 Å². The number of nitrogens with zero attached hydrogens (tertiary/aromatic N) is 5. The van der Waals surface area contributed by atoms with Crippen LogP contribution in [-0.4, -0.2) is 31.6 Å². The van der Waals surface area contributed by atoms with Gasteiger partial charge in [-0.15, -0.1) is 10.2 Å². The van der Waals surface area contributed by atoms with Gasteiger partial charge in [0.25, 0.3) is 0 Å². The number of allylic oxidation sites excluding steroid dienone is 1. The maximum atomic E-state index is 4.53. The summed E-state index contributed by atoms with van der Waals surface area (Å²) in [5, 5.41) is 14.4. The topological polar surface area (TPSA) is 80.0 Å². The van der Waals surface area contributed by atoms with Crippen LogP contribution in [0.25, 0.3) is 16.9 Å². The fourth-order valence-corrected chi connectivity index (χ4v) is 2.15. The Kier molecular flexibility index (Phi) is 3.69. The summed E-state index contributed by atoms with van der Waals surface area (Å²) in [4.78, 5) is 8.76. The zero-order chi connectivity index (χ0) is 15.5. The number of aromatic nitrogens is 5. The van der Waals surface area contributed by atoms with Crippen molar-refractivity contribution in [2.45, 2.75) is 13.8 Å². The van der Waals surface area contributed by atoms with Crippen molar-refractivity contribution < 1.29 is 0 Å². The molecule has 0 fully saturated rings. The van der Waals surface area contributed by atoms with E-state index in [4.69, 9.17) is 0 Å². The van der Waals surface area contributed by atoms with Crippen molar-refractivity contribution in [1.82, 2.24) is 29.9 Å². The predicted octanol–water partition coefficient (Wildman–Crippen LogP) is 1.99. The number of anilines is 1. The van der Waals surface area contributed by atoms with Crippen LogP contribution in [0.1, 0.15) is 12.7 Å². The second-order valence-electron chi connectivity index (χ2n) is 4.73. The number of nitrogens with one attached hydrogen (secondary N) is 2. The van der Waals surface area contributed by atoms with E-state index in [1.165, 1.54) is 0 Å². The summed E-state index contributed by atoms with van der Waals surface area (Å²) < 4.78 is 1.93. The number of hydrogen-bond acceptors (Lipinski definition) is 6. The van der Waals surface area contributed by atoms with E-state index in [9.17, 15) is 0 Å². The van der Waals surface area contributed by atoms with Crippen molar-refractivity contribution >= 4 is 11.6 Å². The monoisotopic (exact) mass is 295 g/mol. The molecule has 3 rings (SSSR count). The van der Waals surface area contributed by atoms with Crippen LogP contribution < -0.4 is 10.6 Å². The highest BCUT2D eigenvalue weighted by Crippen LogP contribution is 2.19. The number of aryl methyl sites for hydroxylation is 1. The molecule has 0 radical (unpaired) electrons. The lowest BCUT2D eigenvalue weighted by atomic mass is 10.2. The van der Waals surface area contributed by atoms with Crippen LogP contribution in [0.2, 0.25) is 0 Å². The molecule has 7 heteroatoms. The fraction of sp³-hybridized carbons (Fsp3) is 0.200. The van der Waals surface area contributed by atoms with E-state index in [-0.39, 0.29) is 0 Å².